The van der Waals surface area contributed by atoms with Crippen LogP contribution in [0.2, 0.25) is 0 Å². The number of nitro groups is 1. The van der Waals surface area contributed by atoms with Crippen LogP contribution in [-0.2, 0) is 6.42 Å². The Morgan fingerprint density at radius 3 is 2.65 bits per heavy atom. The monoisotopic (exact) mass is 355 g/mol. The molecule has 0 saturated heterocycles. The second kappa shape index (κ2) is 6.87. The van der Waals surface area contributed by atoms with Crippen molar-refractivity contribution in [3.05, 3.63) is 62.3 Å². The number of hydrogen-bond acceptors (Lipinski definition) is 6. The van der Waals surface area contributed by atoms with Crippen LogP contribution in [0.15, 0.2) is 45.6 Å². The van der Waals surface area contributed by atoms with Gasteiger partial charge in [0.15, 0.2) is 11.2 Å². The molecule has 0 fully saturated rings. The van der Waals surface area contributed by atoms with Crippen LogP contribution in [0.5, 0.6) is 11.5 Å². The highest BCUT2D eigenvalue weighted by Gasteiger charge is 2.18. The van der Waals surface area contributed by atoms with Gasteiger partial charge < -0.3 is 14.3 Å². The van der Waals surface area contributed by atoms with Crippen molar-refractivity contribution >= 4 is 16.7 Å². The molecule has 0 bridgehead atoms. The third-order valence-electron chi connectivity index (χ3n) is 4.14. The van der Waals surface area contributed by atoms with E-state index in [0.29, 0.717) is 28.5 Å². The Labute approximate surface area is 148 Å². The molecule has 7 nitrogen and oxygen atoms in total. The van der Waals surface area contributed by atoms with Gasteiger partial charge in [0, 0.05) is 23.3 Å². The van der Waals surface area contributed by atoms with Crippen LogP contribution in [0.25, 0.3) is 22.3 Å². The van der Waals surface area contributed by atoms with E-state index in [9.17, 15) is 20.0 Å². The van der Waals surface area contributed by atoms with Gasteiger partial charge in [-0.05, 0) is 30.7 Å². The highest BCUT2D eigenvalue weighted by atomic mass is 16.6. The van der Waals surface area contributed by atoms with Crippen molar-refractivity contribution in [2.24, 2.45) is 0 Å². The van der Waals surface area contributed by atoms with E-state index >= 15 is 0 Å². The molecule has 0 aliphatic heterocycles. The number of benzene rings is 2. The first-order valence-electron chi connectivity index (χ1n) is 8.07. The van der Waals surface area contributed by atoms with E-state index in [1.54, 1.807) is 6.07 Å². The molecule has 0 aliphatic carbocycles. The van der Waals surface area contributed by atoms with Crippen LogP contribution in [0.1, 0.15) is 18.9 Å². The van der Waals surface area contributed by atoms with E-state index in [-0.39, 0.29) is 28.4 Å². The second-order valence-electron chi connectivity index (χ2n) is 5.81. The Hall–Kier alpha value is -3.35. The molecule has 0 radical (unpaired) electrons. The first kappa shape index (κ1) is 17.5. The molecule has 2 aromatic carbocycles. The molecular formula is C19H17NO6. The minimum atomic E-state index is -0.560. The summed E-state index contributed by atoms with van der Waals surface area (Å²) in [5, 5.41) is 21.7. The lowest BCUT2D eigenvalue weighted by atomic mass is 10.0. The molecule has 0 aliphatic rings. The van der Waals surface area contributed by atoms with Crippen molar-refractivity contribution in [1.29, 1.82) is 0 Å². The molecule has 0 amide bonds. The van der Waals surface area contributed by atoms with Gasteiger partial charge in [0.25, 0.3) is 0 Å². The zero-order valence-electron chi connectivity index (χ0n) is 14.3. The molecule has 0 spiro atoms. The number of nitrogens with zero attached hydrogens (tertiary/aromatic N) is 1. The van der Waals surface area contributed by atoms with E-state index in [4.69, 9.17) is 9.15 Å². The standard InChI is InChI=1S/C19H17NO6/c1-3-4-12-15(21)7-6-13-16(22)10-18(26-19(12)13)11-5-8-17(25-2)14(9-11)20(23)24/h5-10,21H,3-4H2,1-2H3. The van der Waals surface area contributed by atoms with Crippen LogP contribution >= 0.6 is 0 Å². The quantitative estimate of drug-likeness (QED) is 0.547. The summed E-state index contributed by atoms with van der Waals surface area (Å²) >= 11 is 0. The lowest BCUT2D eigenvalue weighted by Gasteiger charge is -2.09. The molecule has 0 saturated carbocycles. The maximum absolute atomic E-state index is 12.5. The number of hydrogen-bond donors (Lipinski definition) is 1. The Balaban J connectivity index is 2.26. The molecular weight excluding hydrogens is 338 g/mol. The minimum Gasteiger partial charge on any atom is -0.508 e. The maximum atomic E-state index is 12.5. The molecule has 1 aromatic heterocycles. The van der Waals surface area contributed by atoms with E-state index in [1.807, 2.05) is 6.92 Å². The minimum absolute atomic E-state index is 0.0559. The lowest BCUT2D eigenvalue weighted by molar-refractivity contribution is -0.385. The predicted octanol–water partition coefficient (Wildman–Crippen LogP) is 4.03. The van der Waals surface area contributed by atoms with Gasteiger partial charge >= 0.3 is 5.69 Å². The van der Waals surface area contributed by atoms with Gasteiger partial charge in [-0.2, -0.15) is 0 Å². The van der Waals surface area contributed by atoms with Crippen LogP contribution in [0.4, 0.5) is 5.69 Å². The van der Waals surface area contributed by atoms with Crippen molar-refractivity contribution in [2.45, 2.75) is 19.8 Å². The molecule has 26 heavy (non-hydrogen) atoms. The highest BCUT2D eigenvalue weighted by molar-refractivity contribution is 5.84. The van der Waals surface area contributed by atoms with Crippen molar-refractivity contribution in [1.82, 2.24) is 0 Å². The average molecular weight is 355 g/mol. The Morgan fingerprint density at radius 2 is 2.00 bits per heavy atom. The molecule has 3 rings (SSSR count). The van der Waals surface area contributed by atoms with Gasteiger partial charge in [0.2, 0.25) is 0 Å². The number of ether oxygens (including phenoxy) is 1. The van der Waals surface area contributed by atoms with Gasteiger partial charge in [-0.25, -0.2) is 0 Å². The van der Waals surface area contributed by atoms with Gasteiger partial charge in [0.1, 0.15) is 17.1 Å². The largest absolute Gasteiger partial charge is 0.508 e. The van der Waals surface area contributed by atoms with Crippen molar-refractivity contribution in [2.75, 3.05) is 7.11 Å². The fraction of sp³-hybridized carbons (Fsp3) is 0.211. The average Bonchev–Trinajstić information content (AvgIpc) is 2.63. The maximum Gasteiger partial charge on any atom is 0.311 e. The number of aromatic hydroxyl groups is 1. The number of phenols is 1. The topological polar surface area (TPSA) is 103 Å². The summed E-state index contributed by atoms with van der Waals surface area (Å²) in [6, 6.07) is 8.61. The smallest absolute Gasteiger partial charge is 0.311 e. The first-order valence-corrected chi connectivity index (χ1v) is 8.07. The summed E-state index contributed by atoms with van der Waals surface area (Å²) in [6.07, 6.45) is 1.30. The summed E-state index contributed by atoms with van der Waals surface area (Å²) in [5.41, 5.74) is 0.719. The number of rotatable bonds is 5. The Morgan fingerprint density at radius 1 is 1.23 bits per heavy atom. The number of nitro benzene ring substituents is 1. The molecule has 7 heteroatoms. The summed E-state index contributed by atoms with van der Waals surface area (Å²) < 4.78 is 10.9. The Kier molecular flexibility index (Phi) is 4.62. The molecule has 134 valence electrons. The van der Waals surface area contributed by atoms with Gasteiger partial charge in [-0.1, -0.05) is 13.3 Å². The molecule has 0 unspecified atom stereocenters. The van der Waals surface area contributed by atoms with Gasteiger partial charge in [0.05, 0.1) is 17.4 Å². The molecule has 3 aromatic rings. The zero-order valence-corrected chi connectivity index (χ0v) is 14.3. The highest BCUT2D eigenvalue weighted by Crippen LogP contribution is 2.34. The summed E-state index contributed by atoms with van der Waals surface area (Å²) in [7, 11) is 1.35. The van der Waals surface area contributed by atoms with E-state index in [1.165, 1.54) is 37.4 Å². The van der Waals surface area contributed by atoms with Gasteiger partial charge in [-0.3, -0.25) is 14.9 Å². The van der Waals surface area contributed by atoms with Crippen LogP contribution < -0.4 is 10.2 Å². The molecule has 0 atom stereocenters. The van der Waals surface area contributed by atoms with E-state index in [2.05, 4.69) is 0 Å². The predicted molar refractivity (Wildman–Crippen MR) is 96.8 cm³/mol. The number of fused-ring (bicyclic) bond motifs is 1. The zero-order chi connectivity index (χ0) is 18.8. The van der Waals surface area contributed by atoms with Crippen LogP contribution in [-0.4, -0.2) is 17.1 Å². The van der Waals surface area contributed by atoms with Crippen LogP contribution in [0, 0.1) is 10.1 Å². The Bertz CT molecular complexity index is 1050. The fourth-order valence-corrected chi connectivity index (χ4v) is 2.88. The third kappa shape index (κ3) is 2.99. The summed E-state index contributed by atoms with van der Waals surface area (Å²) in [6.45, 7) is 1.95. The normalized spacial score (nSPS) is 10.8. The first-order chi connectivity index (χ1) is 12.5. The van der Waals surface area contributed by atoms with Crippen LogP contribution in [0.3, 0.4) is 0 Å². The summed E-state index contributed by atoms with van der Waals surface area (Å²) in [5.74, 6) is 0.364. The number of methoxy groups -OCH3 is 1. The second-order valence-corrected chi connectivity index (χ2v) is 5.81. The van der Waals surface area contributed by atoms with Crippen molar-refractivity contribution < 1.29 is 19.2 Å². The SMILES string of the molecule is CCCc1c(O)ccc2c(=O)cc(-c3ccc(OC)c([N+](=O)[O-])c3)oc12. The van der Waals surface area contributed by atoms with Gasteiger partial charge in [-0.15, -0.1) is 0 Å². The van der Waals surface area contributed by atoms with E-state index < -0.39 is 4.92 Å². The lowest BCUT2D eigenvalue weighted by Crippen LogP contribution is -2.03. The summed E-state index contributed by atoms with van der Waals surface area (Å²) in [4.78, 5) is 23.2. The van der Waals surface area contributed by atoms with Crippen molar-refractivity contribution in [3.63, 3.8) is 0 Å². The molecule has 1 N–H and O–H groups in total. The molecule has 1 heterocycles. The number of phenolic OH excluding ortho intramolecular Hbond substituents is 1. The third-order valence-corrected chi connectivity index (χ3v) is 4.14. The van der Waals surface area contributed by atoms with E-state index in [0.717, 1.165) is 6.42 Å². The fourth-order valence-electron chi connectivity index (χ4n) is 2.88. The number of aryl methyl sites for hydroxylation is 1. The van der Waals surface area contributed by atoms with Crippen molar-refractivity contribution in [3.8, 4) is 22.8 Å².